The Morgan fingerprint density at radius 2 is 2.15 bits per heavy atom. The Morgan fingerprint density at radius 3 is 2.89 bits per heavy atom. The van der Waals surface area contributed by atoms with E-state index < -0.39 is 0 Å². The summed E-state index contributed by atoms with van der Waals surface area (Å²) in [6, 6.07) is 0. The Balaban J connectivity index is 1.52. The quantitative estimate of drug-likeness (QED) is 0.728. The molecule has 0 aromatic carbocycles. The zero-order valence-electron chi connectivity index (χ0n) is 16.7. The van der Waals surface area contributed by atoms with Gasteiger partial charge in [0.1, 0.15) is 5.82 Å². The van der Waals surface area contributed by atoms with Crippen molar-refractivity contribution in [1.82, 2.24) is 19.4 Å². The number of rotatable bonds is 7. The monoisotopic (exact) mass is 376 g/mol. The van der Waals surface area contributed by atoms with Crippen LogP contribution in [-0.4, -0.2) is 71.1 Å². The summed E-state index contributed by atoms with van der Waals surface area (Å²) in [5.41, 5.74) is 0.0660. The van der Waals surface area contributed by atoms with Gasteiger partial charge in [0.05, 0.1) is 6.61 Å². The summed E-state index contributed by atoms with van der Waals surface area (Å²) in [5, 5.41) is 0. The van der Waals surface area contributed by atoms with Gasteiger partial charge in [-0.2, -0.15) is 0 Å². The lowest BCUT2D eigenvalue weighted by atomic mass is 9.73. The van der Waals surface area contributed by atoms with E-state index in [0.717, 1.165) is 57.7 Å². The lowest BCUT2D eigenvalue weighted by Crippen LogP contribution is -2.55. The number of nitrogens with zero attached hydrogens (tertiary/aromatic N) is 4. The van der Waals surface area contributed by atoms with Crippen LogP contribution in [0.3, 0.4) is 0 Å². The predicted octanol–water partition coefficient (Wildman–Crippen LogP) is 1.85. The molecule has 1 spiro atoms. The topological polar surface area (TPSA) is 67.7 Å². The van der Waals surface area contributed by atoms with Crippen LogP contribution in [0.25, 0.3) is 0 Å². The molecule has 7 heteroatoms. The zero-order valence-corrected chi connectivity index (χ0v) is 16.7. The van der Waals surface area contributed by atoms with Crippen LogP contribution in [0.5, 0.6) is 0 Å². The third kappa shape index (κ3) is 4.89. The molecule has 0 saturated carbocycles. The largest absolute Gasteiger partial charge is 0.383 e. The van der Waals surface area contributed by atoms with Crippen LogP contribution in [0.15, 0.2) is 12.4 Å². The first-order valence-corrected chi connectivity index (χ1v) is 10.1. The van der Waals surface area contributed by atoms with Crippen molar-refractivity contribution in [2.75, 3.05) is 39.9 Å². The first kappa shape index (κ1) is 19.9. The van der Waals surface area contributed by atoms with Crippen LogP contribution in [0.1, 0.15) is 44.3 Å². The molecule has 2 saturated heterocycles. The van der Waals surface area contributed by atoms with Gasteiger partial charge in [-0.3, -0.25) is 9.59 Å². The molecule has 27 heavy (non-hydrogen) atoms. The average Bonchev–Trinajstić information content (AvgIpc) is 3.08. The maximum atomic E-state index is 12.8. The molecule has 0 unspecified atom stereocenters. The summed E-state index contributed by atoms with van der Waals surface area (Å²) >= 11 is 0. The van der Waals surface area contributed by atoms with Crippen LogP contribution in [0.2, 0.25) is 0 Å². The third-order valence-electron chi connectivity index (χ3n) is 6.04. The van der Waals surface area contributed by atoms with Gasteiger partial charge in [-0.25, -0.2) is 4.98 Å². The fourth-order valence-corrected chi connectivity index (χ4v) is 4.46. The molecule has 0 N–H and O–H groups in total. The molecule has 2 amide bonds. The zero-order chi connectivity index (χ0) is 19.3. The molecule has 1 atom stereocenters. The Bertz CT molecular complexity index is 659. The molecule has 0 aliphatic carbocycles. The van der Waals surface area contributed by atoms with Gasteiger partial charge in [-0.05, 0) is 32.6 Å². The fourth-order valence-electron chi connectivity index (χ4n) is 4.46. The summed E-state index contributed by atoms with van der Waals surface area (Å²) < 4.78 is 7.24. The molecule has 2 aliphatic heterocycles. The van der Waals surface area contributed by atoms with Crippen molar-refractivity contribution in [3.63, 3.8) is 0 Å². The molecular weight excluding hydrogens is 344 g/mol. The summed E-state index contributed by atoms with van der Waals surface area (Å²) in [6.45, 7) is 6.41. The lowest BCUT2D eigenvalue weighted by molar-refractivity contribution is -0.143. The van der Waals surface area contributed by atoms with Crippen molar-refractivity contribution in [1.29, 1.82) is 0 Å². The second-order valence-corrected chi connectivity index (χ2v) is 8.00. The van der Waals surface area contributed by atoms with Crippen LogP contribution in [-0.2, 0) is 20.9 Å². The number of aryl methyl sites for hydroxylation is 2. The minimum atomic E-state index is 0.0660. The maximum absolute atomic E-state index is 12.8. The molecule has 150 valence electrons. The van der Waals surface area contributed by atoms with E-state index in [9.17, 15) is 9.59 Å². The SMILES string of the molecule is COCCN1C[C@]2(CCCN(C(=O)CCCn3ccnc3C)C2)CCC1=O. The van der Waals surface area contributed by atoms with Crippen molar-refractivity contribution >= 4 is 11.8 Å². The minimum Gasteiger partial charge on any atom is -0.383 e. The molecule has 1 aromatic rings. The summed E-state index contributed by atoms with van der Waals surface area (Å²) in [5.74, 6) is 1.45. The normalized spacial score (nSPS) is 23.3. The van der Waals surface area contributed by atoms with Crippen molar-refractivity contribution in [3.05, 3.63) is 18.2 Å². The van der Waals surface area contributed by atoms with E-state index in [1.165, 1.54) is 0 Å². The van der Waals surface area contributed by atoms with Gasteiger partial charge in [0.15, 0.2) is 0 Å². The van der Waals surface area contributed by atoms with Crippen LogP contribution < -0.4 is 0 Å². The number of methoxy groups -OCH3 is 1. The van der Waals surface area contributed by atoms with Crippen LogP contribution in [0.4, 0.5) is 0 Å². The molecule has 3 heterocycles. The van der Waals surface area contributed by atoms with E-state index in [1.807, 2.05) is 22.9 Å². The van der Waals surface area contributed by atoms with E-state index in [2.05, 4.69) is 9.55 Å². The van der Waals surface area contributed by atoms with Gasteiger partial charge in [0.2, 0.25) is 11.8 Å². The number of aromatic nitrogens is 2. The van der Waals surface area contributed by atoms with E-state index >= 15 is 0 Å². The standard InChI is InChI=1S/C20H32N4O3/c1-17-21-9-12-22(17)10-3-5-18(25)23-11-4-7-20(15-23)8-6-19(26)24(16-20)13-14-27-2/h9,12H,3-8,10-11,13-16H2,1-2H3/t20-/m1/s1. The summed E-state index contributed by atoms with van der Waals surface area (Å²) in [6.07, 6.45) is 8.77. The van der Waals surface area contributed by atoms with Crippen molar-refractivity contribution in [2.24, 2.45) is 5.41 Å². The van der Waals surface area contributed by atoms with Gasteiger partial charge in [-0.1, -0.05) is 0 Å². The van der Waals surface area contributed by atoms with Gasteiger partial charge < -0.3 is 19.1 Å². The lowest BCUT2D eigenvalue weighted by Gasteiger charge is -2.48. The van der Waals surface area contributed by atoms with Crippen LogP contribution >= 0.6 is 0 Å². The summed E-state index contributed by atoms with van der Waals surface area (Å²) in [4.78, 5) is 33.2. The number of imidazole rings is 1. The molecule has 2 fully saturated rings. The van der Waals surface area contributed by atoms with Gasteiger partial charge in [0.25, 0.3) is 0 Å². The number of hydrogen-bond donors (Lipinski definition) is 0. The highest BCUT2D eigenvalue weighted by molar-refractivity contribution is 5.78. The first-order valence-electron chi connectivity index (χ1n) is 10.1. The molecule has 0 radical (unpaired) electrons. The molecule has 0 bridgehead atoms. The Labute approximate surface area is 161 Å². The second kappa shape index (κ2) is 8.87. The van der Waals surface area contributed by atoms with E-state index in [-0.39, 0.29) is 17.2 Å². The van der Waals surface area contributed by atoms with Gasteiger partial charge in [0, 0.05) is 70.5 Å². The molecule has 2 aliphatic rings. The maximum Gasteiger partial charge on any atom is 0.222 e. The van der Waals surface area contributed by atoms with E-state index in [1.54, 1.807) is 13.3 Å². The predicted molar refractivity (Wildman–Crippen MR) is 102 cm³/mol. The highest BCUT2D eigenvalue weighted by atomic mass is 16.5. The molecule has 3 rings (SSSR count). The molecule has 7 nitrogen and oxygen atoms in total. The van der Waals surface area contributed by atoms with Crippen molar-refractivity contribution < 1.29 is 14.3 Å². The Morgan fingerprint density at radius 1 is 1.30 bits per heavy atom. The molecular formula is C20H32N4O3. The van der Waals surface area contributed by atoms with Crippen molar-refractivity contribution in [2.45, 2.75) is 52.0 Å². The van der Waals surface area contributed by atoms with E-state index in [0.29, 0.717) is 26.0 Å². The average molecular weight is 377 g/mol. The number of carbonyl (C=O) groups is 2. The number of likely N-dealkylation sites (tertiary alicyclic amines) is 2. The van der Waals surface area contributed by atoms with E-state index in [4.69, 9.17) is 4.74 Å². The number of ether oxygens (including phenoxy) is 1. The Kier molecular flexibility index (Phi) is 6.52. The number of hydrogen-bond acceptors (Lipinski definition) is 4. The summed E-state index contributed by atoms with van der Waals surface area (Å²) in [7, 11) is 1.66. The fraction of sp³-hybridized carbons (Fsp3) is 0.750. The third-order valence-corrected chi connectivity index (χ3v) is 6.04. The van der Waals surface area contributed by atoms with Gasteiger partial charge >= 0.3 is 0 Å². The number of amides is 2. The Hall–Kier alpha value is -1.89. The van der Waals surface area contributed by atoms with Crippen molar-refractivity contribution in [3.8, 4) is 0 Å². The van der Waals surface area contributed by atoms with Gasteiger partial charge in [-0.15, -0.1) is 0 Å². The first-order chi connectivity index (χ1) is 13.0. The highest BCUT2D eigenvalue weighted by Gasteiger charge is 2.42. The molecule has 1 aromatic heterocycles. The number of piperidine rings is 2. The second-order valence-electron chi connectivity index (χ2n) is 8.00. The smallest absolute Gasteiger partial charge is 0.222 e. The van der Waals surface area contributed by atoms with Crippen LogP contribution in [0, 0.1) is 12.3 Å². The number of carbonyl (C=O) groups excluding carboxylic acids is 2. The minimum absolute atomic E-state index is 0.0660. The highest BCUT2D eigenvalue weighted by Crippen LogP contribution is 2.39.